The van der Waals surface area contributed by atoms with Gasteiger partial charge in [-0.25, -0.2) is 0 Å². The third-order valence-electron chi connectivity index (χ3n) is 2.46. The molecule has 0 aliphatic rings. The highest BCUT2D eigenvalue weighted by atomic mass is 79.9. The quantitative estimate of drug-likeness (QED) is 0.790. The van der Waals surface area contributed by atoms with E-state index in [2.05, 4.69) is 25.9 Å². The number of halogens is 1. The molecule has 4 N–H and O–H groups in total. The van der Waals surface area contributed by atoms with Crippen molar-refractivity contribution in [1.82, 2.24) is 9.97 Å². The topological polar surface area (TPSA) is 92.0 Å². The van der Waals surface area contributed by atoms with Gasteiger partial charge in [0.15, 0.2) is 0 Å². The molecule has 5 nitrogen and oxygen atoms in total. The smallest absolute Gasteiger partial charge is 0.262 e. The molecule has 0 radical (unpaired) electrons. The number of rotatable bonds is 2. The van der Waals surface area contributed by atoms with Crippen molar-refractivity contribution >= 4 is 15.9 Å². The number of H-pyrrole nitrogens is 1. The van der Waals surface area contributed by atoms with Gasteiger partial charge in [-0.1, -0.05) is 28.1 Å². The molecular weight excluding hydrogens is 298 g/mol. The lowest BCUT2D eigenvalue weighted by Gasteiger charge is -2.08. The van der Waals surface area contributed by atoms with Crippen LogP contribution < -0.4 is 11.3 Å². The van der Waals surface area contributed by atoms with Crippen LogP contribution in [0.4, 0.5) is 0 Å². The maximum Gasteiger partial charge on any atom is 0.262 e. The minimum Gasteiger partial charge on any atom is -0.493 e. The molecule has 0 saturated heterocycles. The van der Waals surface area contributed by atoms with Crippen molar-refractivity contribution in [3.05, 3.63) is 44.9 Å². The van der Waals surface area contributed by atoms with Crippen LogP contribution >= 0.6 is 15.9 Å². The number of nitrogens with two attached hydrogens (primary N) is 1. The fourth-order valence-corrected chi connectivity index (χ4v) is 2.00. The Bertz CT molecular complexity index is 637. The number of aromatic nitrogens is 2. The summed E-state index contributed by atoms with van der Waals surface area (Å²) in [6, 6.07) is 6.62. The van der Waals surface area contributed by atoms with E-state index >= 15 is 0 Å². The summed E-state index contributed by atoms with van der Waals surface area (Å²) >= 11 is 3.31. The molecule has 0 saturated carbocycles. The van der Waals surface area contributed by atoms with Crippen molar-refractivity contribution in [3.8, 4) is 17.0 Å². The van der Waals surface area contributed by atoms with Crippen LogP contribution in [0.3, 0.4) is 0 Å². The Morgan fingerprint density at radius 1 is 1.50 bits per heavy atom. The van der Waals surface area contributed by atoms with Crippen molar-refractivity contribution < 1.29 is 5.11 Å². The van der Waals surface area contributed by atoms with Crippen molar-refractivity contribution in [1.29, 1.82) is 0 Å². The molecule has 0 aliphatic heterocycles. The van der Waals surface area contributed by atoms with Gasteiger partial charge in [0.2, 0.25) is 5.88 Å². The van der Waals surface area contributed by atoms with Crippen molar-refractivity contribution in [3.63, 3.8) is 0 Å². The molecule has 18 heavy (non-hydrogen) atoms. The van der Waals surface area contributed by atoms with Crippen molar-refractivity contribution in [2.45, 2.75) is 13.0 Å². The maximum atomic E-state index is 12.0. The van der Waals surface area contributed by atoms with Crippen LogP contribution in [0, 0.1) is 0 Å². The van der Waals surface area contributed by atoms with Gasteiger partial charge in [0.25, 0.3) is 5.56 Å². The van der Waals surface area contributed by atoms with E-state index in [1.54, 1.807) is 25.1 Å². The predicted molar refractivity (Wildman–Crippen MR) is 72.3 cm³/mol. The van der Waals surface area contributed by atoms with Gasteiger partial charge in [-0.15, -0.1) is 0 Å². The molecule has 2 rings (SSSR count). The average molecular weight is 310 g/mol. The Balaban J connectivity index is 2.63. The van der Waals surface area contributed by atoms with E-state index in [4.69, 9.17) is 5.73 Å². The first-order chi connectivity index (χ1) is 8.49. The Hall–Kier alpha value is -1.66. The Morgan fingerprint density at radius 2 is 2.22 bits per heavy atom. The van der Waals surface area contributed by atoms with E-state index in [9.17, 15) is 9.90 Å². The Kier molecular flexibility index (Phi) is 3.49. The van der Waals surface area contributed by atoms with E-state index in [0.29, 0.717) is 5.56 Å². The normalized spacial score (nSPS) is 12.4. The summed E-state index contributed by atoms with van der Waals surface area (Å²) in [5.41, 5.74) is 5.93. The SMILES string of the molecule is CC(N)c1nc(O)c(-c2cccc(Br)c2)c(=O)[nH]1. The lowest BCUT2D eigenvalue weighted by molar-refractivity contribution is 0.447. The fourth-order valence-electron chi connectivity index (χ4n) is 1.60. The van der Waals surface area contributed by atoms with Crippen LogP contribution in [0.15, 0.2) is 33.5 Å². The number of nitrogens with one attached hydrogen (secondary N) is 1. The van der Waals surface area contributed by atoms with Crippen LogP contribution in [0.5, 0.6) is 5.88 Å². The summed E-state index contributed by atoms with van der Waals surface area (Å²) in [5.74, 6) is -0.0552. The Morgan fingerprint density at radius 3 is 2.78 bits per heavy atom. The second kappa shape index (κ2) is 4.91. The summed E-state index contributed by atoms with van der Waals surface area (Å²) in [5, 5.41) is 9.86. The molecule has 0 aliphatic carbocycles. The maximum absolute atomic E-state index is 12.0. The average Bonchev–Trinajstić information content (AvgIpc) is 2.27. The fraction of sp³-hybridized carbons (Fsp3) is 0.167. The molecule has 1 unspecified atom stereocenters. The number of aromatic hydroxyl groups is 1. The first-order valence-electron chi connectivity index (χ1n) is 5.33. The molecule has 6 heteroatoms. The molecule has 1 heterocycles. The largest absolute Gasteiger partial charge is 0.493 e. The predicted octanol–water partition coefficient (Wildman–Crippen LogP) is 1.92. The number of hydrogen-bond acceptors (Lipinski definition) is 4. The minimum atomic E-state index is -0.444. The van der Waals surface area contributed by atoms with Gasteiger partial charge in [-0.05, 0) is 24.6 Å². The third-order valence-corrected chi connectivity index (χ3v) is 2.96. The Labute approximate surface area is 112 Å². The van der Waals surface area contributed by atoms with Crippen molar-refractivity contribution in [2.24, 2.45) is 5.73 Å². The second-order valence-corrected chi connectivity index (χ2v) is 4.86. The van der Waals surface area contributed by atoms with Gasteiger partial charge in [-0.3, -0.25) is 4.79 Å². The van der Waals surface area contributed by atoms with Gasteiger partial charge < -0.3 is 15.8 Å². The summed E-state index contributed by atoms with van der Waals surface area (Å²) in [6.07, 6.45) is 0. The third kappa shape index (κ3) is 2.44. The number of hydrogen-bond donors (Lipinski definition) is 3. The van der Waals surface area contributed by atoms with Gasteiger partial charge >= 0.3 is 0 Å². The first-order valence-corrected chi connectivity index (χ1v) is 6.13. The van der Waals surface area contributed by atoms with Crippen LogP contribution in [-0.2, 0) is 0 Å². The minimum absolute atomic E-state index is 0.140. The number of aromatic amines is 1. The molecule has 0 spiro atoms. The van der Waals surface area contributed by atoms with E-state index in [0.717, 1.165) is 4.47 Å². The van der Waals surface area contributed by atoms with Gasteiger partial charge in [0.05, 0.1) is 6.04 Å². The van der Waals surface area contributed by atoms with Gasteiger partial charge in [0, 0.05) is 4.47 Å². The van der Waals surface area contributed by atoms with E-state index in [-0.39, 0.29) is 17.3 Å². The molecule has 94 valence electrons. The summed E-state index contributed by atoms with van der Waals surface area (Å²) in [4.78, 5) is 18.4. The zero-order valence-corrected chi connectivity index (χ0v) is 11.2. The molecule has 1 atom stereocenters. The van der Waals surface area contributed by atoms with Crippen molar-refractivity contribution in [2.75, 3.05) is 0 Å². The van der Waals surface area contributed by atoms with E-state index < -0.39 is 11.6 Å². The number of benzene rings is 1. The molecule has 2 aromatic rings. The van der Waals surface area contributed by atoms with Crippen LogP contribution in [0.1, 0.15) is 18.8 Å². The number of nitrogens with zero attached hydrogens (tertiary/aromatic N) is 1. The second-order valence-electron chi connectivity index (χ2n) is 3.95. The zero-order chi connectivity index (χ0) is 13.3. The molecule has 0 bridgehead atoms. The lowest BCUT2D eigenvalue weighted by Crippen LogP contribution is -2.19. The summed E-state index contributed by atoms with van der Waals surface area (Å²) in [6.45, 7) is 1.68. The van der Waals surface area contributed by atoms with Gasteiger partial charge in [-0.2, -0.15) is 4.98 Å². The first kappa shape index (κ1) is 12.8. The standard InChI is InChI=1S/C12H12BrN3O2/c1-6(14)10-15-11(17)9(12(18)16-10)7-3-2-4-8(13)5-7/h2-6H,14H2,1H3,(H2,15,16,17,18). The summed E-state index contributed by atoms with van der Waals surface area (Å²) in [7, 11) is 0. The van der Waals surface area contributed by atoms with Crippen LogP contribution in [0.25, 0.3) is 11.1 Å². The molecular formula is C12H12BrN3O2. The lowest BCUT2D eigenvalue weighted by atomic mass is 10.1. The monoisotopic (exact) mass is 309 g/mol. The zero-order valence-electron chi connectivity index (χ0n) is 9.64. The highest BCUT2D eigenvalue weighted by Gasteiger charge is 2.14. The van der Waals surface area contributed by atoms with E-state index in [1.165, 1.54) is 0 Å². The van der Waals surface area contributed by atoms with E-state index in [1.807, 2.05) is 6.07 Å². The molecule has 1 aromatic heterocycles. The summed E-state index contributed by atoms with van der Waals surface area (Å²) < 4.78 is 0.815. The highest BCUT2D eigenvalue weighted by Crippen LogP contribution is 2.26. The molecule has 0 fully saturated rings. The van der Waals surface area contributed by atoms with Crippen LogP contribution in [0.2, 0.25) is 0 Å². The molecule has 1 aromatic carbocycles. The molecule has 0 amide bonds. The highest BCUT2D eigenvalue weighted by molar-refractivity contribution is 9.10. The van der Waals surface area contributed by atoms with Crippen LogP contribution in [-0.4, -0.2) is 15.1 Å². The van der Waals surface area contributed by atoms with Gasteiger partial charge in [0.1, 0.15) is 11.4 Å².